The second-order valence-electron chi connectivity index (χ2n) is 15.2. The van der Waals surface area contributed by atoms with Crippen LogP contribution in [0.25, 0.3) is 0 Å². The average molecular weight is 752 g/mol. The molecule has 12 heteroatoms. The van der Waals surface area contributed by atoms with Crippen LogP contribution in [0.5, 0.6) is 11.5 Å². The largest absolute Gasteiger partial charge is 0.492 e. The van der Waals surface area contributed by atoms with Gasteiger partial charge in [0.15, 0.2) is 0 Å². The minimum Gasteiger partial charge on any atom is -0.492 e. The highest BCUT2D eigenvalue weighted by Crippen LogP contribution is 2.61. The molecule has 54 heavy (non-hydrogen) atoms. The predicted octanol–water partition coefficient (Wildman–Crippen LogP) is 6.19. The second kappa shape index (κ2) is 19.4. The Balaban J connectivity index is 1.50. The first-order valence-corrected chi connectivity index (χ1v) is 20.2. The molecule has 2 saturated heterocycles. The number of nitrogens with zero attached hydrogens (tertiary/aromatic N) is 3. The lowest BCUT2D eigenvalue weighted by atomic mass is 9.55. The van der Waals surface area contributed by atoms with Crippen molar-refractivity contribution in [1.29, 1.82) is 0 Å². The lowest BCUT2D eigenvalue weighted by molar-refractivity contribution is -0.254. The van der Waals surface area contributed by atoms with Crippen molar-refractivity contribution in [2.45, 2.75) is 94.7 Å². The Morgan fingerprint density at radius 2 is 1.91 bits per heavy atom. The number of oxime groups is 1. The summed E-state index contributed by atoms with van der Waals surface area (Å²) in [5, 5.41) is 24.5. The van der Waals surface area contributed by atoms with Crippen molar-refractivity contribution in [2.75, 3.05) is 66.3 Å². The van der Waals surface area contributed by atoms with E-state index in [-0.39, 0.29) is 50.6 Å². The molecule has 3 fully saturated rings. The highest BCUT2D eigenvalue weighted by molar-refractivity contribution is 6.02. The molecule has 6 rings (SSSR count). The van der Waals surface area contributed by atoms with E-state index in [0.29, 0.717) is 38.2 Å². The number of carbonyl (C=O) groups excluding carboxylic acids is 1. The fourth-order valence-electron chi connectivity index (χ4n) is 8.78. The van der Waals surface area contributed by atoms with Crippen molar-refractivity contribution in [3.63, 3.8) is 0 Å². The first-order valence-electron chi connectivity index (χ1n) is 20.2. The molecule has 3 heterocycles. The minimum absolute atomic E-state index is 0.121. The van der Waals surface area contributed by atoms with Crippen molar-refractivity contribution in [3.8, 4) is 11.5 Å². The van der Waals surface area contributed by atoms with Crippen LogP contribution in [0, 0.1) is 17.8 Å². The van der Waals surface area contributed by atoms with Crippen LogP contribution in [-0.2, 0) is 19.0 Å². The number of carbonyl (C=O) groups is 1. The van der Waals surface area contributed by atoms with Crippen molar-refractivity contribution in [1.82, 2.24) is 9.80 Å². The van der Waals surface area contributed by atoms with Gasteiger partial charge in [-0.15, -0.1) is 13.2 Å². The van der Waals surface area contributed by atoms with Gasteiger partial charge in [0.2, 0.25) is 12.1 Å². The molecule has 1 aromatic rings. The van der Waals surface area contributed by atoms with Gasteiger partial charge in [0.05, 0.1) is 31.5 Å². The van der Waals surface area contributed by atoms with Gasteiger partial charge in [0.25, 0.3) is 0 Å². The Morgan fingerprint density at radius 1 is 1.09 bits per heavy atom. The number of likely N-dealkylation sites (N-methyl/N-ethyl adjacent to an activating group) is 1. The third-order valence-electron chi connectivity index (χ3n) is 11.6. The van der Waals surface area contributed by atoms with Gasteiger partial charge in [-0.2, -0.15) is 0 Å². The molecule has 0 radical (unpaired) electrons. The average Bonchev–Trinajstić information content (AvgIpc) is 4.02. The fourth-order valence-corrected chi connectivity index (χ4v) is 8.78. The molecule has 12 nitrogen and oxygen atoms in total. The molecule has 3 aliphatic heterocycles. The number of fused-ring (bicyclic) bond motifs is 2. The van der Waals surface area contributed by atoms with E-state index >= 15 is 0 Å². The van der Waals surface area contributed by atoms with Crippen molar-refractivity contribution in [2.24, 2.45) is 22.9 Å². The summed E-state index contributed by atoms with van der Waals surface area (Å²) in [7, 11) is 1.73. The third-order valence-corrected chi connectivity index (χ3v) is 11.6. The van der Waals surface area contributed by atoms with Crippen LogP contribution < -0.4 is 9.47 Å². The monoisotopic (exact) mass is 751 g/mol. The lowest BCUT2D eigenvalue weighted by Crippen LogP contribution is -2.69. The number of aliphatic hydroxyl groups is 2. The molecule has 0 bridgehead atoms. The van der Waals surface area contributed by atoms with E-state index in [1.165, 1.54) is 0 Å². The van der Waals surface area contributed by atoms with Crippen molar-refractivity contribution < 1.29 is 43.5 Å². The van der Waals surface area contributed by atoms with E-state index in [2.05, 4.69) is 30.2 Å². The molecular weight excluding hydrogens is 690 g/mol. The van der Waals surface area contributed by atoms with Gasteiger partial charge in [-0.25, -0.2) is 4.79 Å². The Bertz CT molecular complexity index is 1470. The molecule has 1 aromatic carbocycles. The molecular formula is C42H61N3O9. The number of hydrogen-bond acceptors (Lipinski definition) is 11. The third kappa shape index (κ3) is 9.33. The minimum atomic E-state index is -1.34. The molecule has 298 valence electrons. The SMILES string of the molecule is C=CCCOC(=O)N(C)[C@H]1CC(=NOC2CCCCO2)C2=C[C@H](CCCCO)[C@@H](CCCCO)[C@@H]3c4cc(OCCN5CC5)ccc4O[C@@]1(OCC=C)[C@H]23. The Morgan fingerprint density at radius 3 is 2.63 bits per heavy atom. The smallest absolute Gasteiger partial charge is 0.409 e. The zero-order valence-electron chi connectivity index (χ0n) is 32.1. The highest BCUT2D eigenvalue weighted by atomic mass is 16.8. The van der Waals surface area contributed by atoms with Gasteiger partial charge >= 0.3 is 6.09 Å². The number of benzene rings is 1. The summed E-state index contributed by atoms with van der Waals surface area (Å²) in [4.78, 5) is 23.9. The maximum absolute atomic E-state index is 13.8. The Hall–Kier alpha value is -3.42. The number of amides is 1. The number of hydrogen-bond donors (Lipinski definition) is 2. The Labute approximate surface area is 320 Å². The summed E-state index contributed by atoms with van der Waals surface area (Å²) < 4.78 is 32.1. The maximum Gasteiger partial charge on any atom is 0.409 e. The summed E-state index contributed by atoms with van der Waals surface area (Å²) in [6.45, 7) is 12.7. The van der Waals surface area contributed by atoms with E-state index in [4.69, 9.17) is 33.7 Å². The van der Waals surface area contributed by atoms with Crippen LogP contribution in [-0.4, -0.2) is 116 Å². The topological polar surface area (TPSA) is 132 Å². The second-order valence-corrected chi connectivity index (χ2v) is 15.2. The number of allylic oxidation sites excluding steroid dienone is 1. The highest BCUT2D eigenvalue weighted by Gasteiger charge is 2.65. The standard InChI is InChI=1S/C42H61N3O9/c1-4-6-24-51-41(48)44(3)37-29-35(43-54-38-15-9-12-25-50-38)33-27-30(13-7-10-21-46)32(14-8-11-22-47)39-34-28-31(49-26-20-45-18-19-45)16-17-36(34)53-42(37,40(33)39)52-23-5-2/h4-5,16-17,27-28,30,32,37-40,46-47H,1-2,6-15,18-26,29H2,3H3/t30-,32+,37-,38?,39+,40+,42+/m0/s1. The maximum atomic E-state index is 13.8. The summed E-state index contributed by atoms with van der Waals surface area (Å²) in [6.07, 6.45) is 13.2. The van der Waals surface area contributed by atoms with Gasteiger partial charge in [0.1, 0.15) is 24.1 Å². The van der Waals surface area contributed by atoms with Crippen LogP contribution in [0.15, 0.2) is 60.3 Å². The molecule has 5 aliphatic rings. The van der Waals surface area contributed by atoms with Crippen molar-refractivity contribution in [3.05, 3.63) is 60.7 Å². The van der Waals surface area contributed by atoms with Crippen molar-refractivity contribution >= 4 is 11.8 Å². The van der Waals surface area contributed by atoms with Crippen LogP contribution in [0.4, 0.5) is 4.79 Å². The quantitative estimate of drug-likeness (QED) is 0.0650. The van der Waals surface area contributed by atoms with E-state index in [9.17, 15) is 15.0 Å². The summed E-state index contributed by atoms with van der Waals surface area (Å²) >= 11 is 0. The lowest BCUT2D eigenvalue weighted by Gasteiger charge is -2.59. The van der Waals surface area contributed by atoms with Crippen LogP contribution >= 0.6 is 0 Å². The molecule has 0 aromatic heterocycles. The number of ether oxygens (including phenoxy) is 5. The van der Waals surface area contributed by atoms with E-state index < -0.39 is 30.1 Å². The summed E-state index contributed by atoms with van der Waals surface area (Å²) in [5.74, 6) is -0.139. The fraction of sp³-hybridized carbons (Fsp3) is 0.667. The van der Waals surface area contributed by atoms with Gasteiger partial charge in [-0.3, -0.25) is 4.90 Å². The molecule has 1 saturated carbocycles. The Kier molecular flexibility index (Phi) is 14.5. The zero-order valence-corrected chi connectivity index (χ0v) is 32.1. The molecule has 1 amide bonds. The van der Waals surface area contributed by atoms with Gasteiger partial charge in [0, 0.05) is 64.2 Å². The normalized spacial score (nSPS) is 29.2. The van der Waals surface area contributed by atoms with Crippen LogP contribution in [0.1, 0.15) is 82.1 Å². The predicted molar refractivity (Wildman–Crippen MR) is 205 cm³/mol. The molecule has 0 spiro atoms. The number of rotatable bonds is 21. The van der Waals surface area contributed by atoms with Gasteiger partial charge < -0.3 is 43.6 Å². The number of aliphatic hydroxyl groups excluding tert-OH is 2. The zero-order chi connectivity index (χ0) is 37.9. The van der Waals surface area contributed by atoms with E-state index in [1.807, 2.05) is 12.1 Å². The van der Waals surface area contributed by atoms with Gasteiger partial charge in [-0.05, 0) is 80.6 Å². The molecule has 1 unspecified atom stereocenters. The van der Waals surface area contributed by atoms with Crippen LogP contribution in [0.2, 0.25) is 0 Å². The van der Waals surface area contributed by atoms with E-state index in [0.717, 1.165) is 87.2 Å². The summed E-state index contributed by atoms with van der Waals surface area (Å²) in [6, 6.07) is 5.41. The van der Waals surface area contributed by atoms with Gasteiger partial charge in [-0.1, -0.05) is 36.2 Å². The van der Waals surface area contributed by atoms with Crippen LogP contribution in [0.3, 0.4) is 0 Å². The molecule has 2 N–H and O–H groups in total. The molecule has 2 aliphatic carbocycles. The summed E-state index contributed by atoms with van der Waals surface area (Å²) in [5.41, 5.74) is 2.74. The number of unbranched alkanes of at least 4 members (excludes halogenated alkanes) is 2. The van der Waals surface area contributed by atoms with E-state index in [1.54, 1.807) is 24.1 Å². The first-order chi connectivity index (χ1) is 26.4. The molecule has 7 atom stereocenters. The first kappa shape index (κ1) is 40.2.